The Morgan fingerprint density at radius 1 is 1.50 bits per heavy atom. The molecular weight excluding hydrogens is 234 g/mol. The number of nitrogens with two attached hydrogens (primary N) is 1. The standard InChI is InChI=1S/C11H19N5O2/c1-15(7-3-4-7)6-5-13-8-9(12)16(2)11(18)14-10(8)17/h7,13H,3-6,12H2,1-2H3,(H,14,17,18). The highest BCUT2D eigenvalue weighted by Crippen LogP contribution is 2.24. The Morgan fingerprint density at radius 2 is 2.17 bits per heavy atom. The van der Waals surface area contributed by atoms with Gasteiger partial charge in [0.2, 0.25) is 0 Å². The molecule has 18 heavy (non-hydrogen) atoms. The van der Waals surface area contributed by atoms with Crippen molar-refractivity contribution in [2.75, 3.05) is 31.2 Å². The molecule has 0 aliphatic heterocycles. The molecule has 1 aromatic rings. The molecule has 0 atom stereocenters. The van der Waals surface area contributed by atoms with E-state index in [1.165, 1.54) is 24.5 Å². The van der Waals surface area contributed by atoms with Crippen LogP contribution in [0.15, 0.2) is 9.59 Å². The highest BCUT2D eigenvalue weighted by atomic mass is 16.2. The maximum atomic E-state index is 11.6. The summed E-state index contributed by atoms with van der Waals surface area (Å²) in [7, 11) is 3.59. The van der Waals surface area contributed by atoms with Crippen LogP contribution in [0.25, 0.3) is 0 Å². The largest absolute Gasteiger partial charge is 0.383 e. The van der Waals surface area contributed by atoms with Gasteiger partial charge in [-0.2, -0.15) is 0 Å². The van der Waals surface area contributed by atoms with Gasteiger partial charge in [0.1, 0.15) is 11.5 Å². The summed E-state index contributed by atoms with van der Waals surface area (Å²) >= 11 is 0. The molecule has 7 nitrogen and oxygen atoms in total. The van der Waals surface area contributed by atoms with Gasteiger partial charge in [0.05, 0.1) is 0 Å². The summed E-state index contributed by atoms with van der Waals surface area (Å²) in [6.45, 7) is 1.46. The number of aromatic amines is 1. The van der Waals surface area contributed by atoms with Gasteiger partial charge >= 0.3 is 5.69 Å². The van der Waals surface area contributed by atoms with E-state index >= 15 is 0 Å². The van der Waals surface area contributed by atoms with Gasteiger partial charge in [0.25, 0.3) is 5.56 Å². The third-order valence-corrected chi connectivity index (χ3v) is 3.31. The van der Waals surface area contributed by atoms with Crippen molar-refractivity contribution in [2.45, 2.75) is 18.9 Å². The summed E-state index contributed by atoms with van der Waals surface area (Å²) in [5.74, 6) is 0.165. The Balaban J connectivity index is 2.02. The lowest BCUT2D eigenvalue weighted by Gasteiger charge is -2.17. The van der Waals surface area contributed by atoms with Crippen LogP contribution in [-0.2, 0) is 7.05 Å². The van der Waals surface area contributed by atoms with Gasteiger partial charge in [0, 0.05) is 26.2 Å². The SMILES string of the molecule is CN(CCNc1c(N)n(C)c(=O)[nH]c1=O)C1CC1. The van der Waals surface area contributed by atoms with Crippen molar-refractivity contribution in [1.29, 1.82) is 0 Å². The minimum absolute atomic E-state index is 0.165. The van der Waals surface area contributed by atoms with Crippen molar-refractivity contribution in [1.82, 2.24) is 14.5 Å². The first kappa shape index (κ1) is 12.7. The zero-order valence-electron chi connectivity index (χ0n) is 10.7. The first-order chi connectivity index (χ1) is 8.50. The molecule has 0 radical (unpaired) electrons. The summed E-state index contributed by atoms with van der Waals surface area (Å²) in [6.07, 6.45) is 2.50. The highest BCUT2D eigenvalue weighted by Gasteiger charge is 2.25. The molecule has 1 fully saturated rings. The molecule has 1 heterocycles. The second-order valence-electron chi connectivity index (χ2n) is 4.72. The molecule has 0 bridgehead atoms. The van der Waals surface area contributed by atoms with Gasteiger partial charge in [-0.3, -0.25) is 14.3 Å². The van der Waals surface area contributed by atoms with Gasteiger partial charge in [-0.05, 0) is 19.9 Å². The highest BCUT2D eigenvalue weighted by molar-refractivity contribution is 5.60. The number of hydrogen-bond acceptors (Lipinski definition) is 5. The van der Waals surface area contributed by atoms with Crippen LogP contribution in [-0.4, -0.2) is 40.6 Å². The average molecular weight is 253 g/mol. The van der Waals surface area contributed by atoms with Crippen molar-refractivity contribution in [3.63, 3.8) is 0 Å². The molecule has 4 N–H and O–H groups in total. The van der Waals surface area contributed by atoms with E-state index in [0.29, 0.717) is 12.6 Å². The number of rotatable bonds is 5. The van der Waals surface area contributed by atoms with E-state index in [4.69, 9.17) is 5.73 Å². The van der Waals surface area contributed by atoms with Crippen LogP contribution in [0.5, 0.6) is 0 Å². The Hall–Kier alpha value is -1.76. The predicted molar refractivity (Wildman–Crippen MR) is 70.9 cm³/mol. The topological polar surface area (TPSA) is 96.2 Å². The number of hydrogen-bond donors (Lipinski definition) is 3. The summed E-state index contributed by atoms with van der Waals surface area (Å²) < 4.78 is 1.22. The molecule has 1 aromatic heterocycles. The molecule has 0 spiro atoms. The summed E-state index contributed by atoms with van der Waals surface area (Å²) in [5, 5.41) is 2.99. The number of H-pyrrole nitrogens is 1. The zero-order valence-corrected chi connectivity index (χ0v) is 10.7. The van der Waals surface area contributed by atoms with Gasteiger partial charge in [-0.25, -0.2) is 4.79 Å². The summed E-state index contributed by atoms with van der Waals surface area (Å²) in [5.41, 5.74) is 5.04. The fourth-order valence-corrected chi connectivity index (χ4v) is 1.86. The third kappa shape index (κ3) is 2.56. The summed E-state index contributed by atoms with van der Waals surface area (Å²) in [6, 6.07) is 0.683. The Kier molecular flexibility index (Phi) is 3.42. The second kappa shape index (κ2) is 4.85. The van der Waals surface area contributed by atoms with Crippen LogP contribution >= 0.6 is 0 Å². The first-order valence-electron chi connectivity index (χ1n) is 6.03. The Bertz CT molecular complexity index is 543. The average Bonchev–Trinajstić information content (AvgIpc) is 3.14. The smallest absolute Gasteiger partial charge is 0.329 e. The fraction of sp³-hybridized carbons (Fsp3) is 0.636. The van der Waals surface area contributed by atoms with Crippen LogP contribution in [0.2, 0.25) is 0 Å². The van der Waals surface area contributed by atoms with Crippen LogP contribution in [0.3, 0.4) is 0 Å². The maximum Gasteiger partial charge on any atom is 0.329 e. The minimum Gasteiger partial charge on any atom is -0.383 e. The van der Waals surface area contributed by atoms with Crippen LogP contribution in [0.4, 0.5) is 11.5 Å². The number of anilines is 2. The number of nitrogens with one attached hydrogen (secondary N) is 2. The number of aromatic nitrogens is 2. The van der Waals surface area contributed by atoms with Gasteiger partial charge in [-0.15, -0.1) is 0 Å². The monoisotopic (exact) mass is 253 g/mol. The lowest BCUT2D eigenvalue weighted by Crippen LogP contribution is -2.34. The molecule has 1 aliphatic carbocycles. The van der Waals surface area contributed by atoms with E-state index in [1.807, 2.05) is 0 Å². The number of nitrogens with zero attached hydrogens (tertiary/aromatic N) is 2. The Labute approximate surface area is 105 Å². The van der Waals surface area contributed by atoms with E-state index in [2.05, 4.69) is 22.2 Å². The Morgan fingerprint density at radius 3 is 2.78 bits per heavy atom. The molecule has 1 saturated carbocycles. The van der Waals surface area contributed by atoms with Crippen LogP contribution in [0, 0.1) is 0 Å². The molecule has 0 saturated heterocycles. The molecular formula is C11H19N5O2. The van der Waals surface area contributed by atoms with E-state index in [9.17, 15) is 9.59 Å². The zero-order chi connectivity index (χ0) is 13.3. The molecule has 0 unspecified atom stereocenters. The molecule has 2 rings (SSSR count). The fourth-order valence-electron chi connectivity index (χ4n) is 1.86. The van der Waals surface area contributed by atoms with Crippen molar-refractivity contribution >= 4 is 11.5 Å². The van der Waals surface area contributed by atoms with Gasteiger partial charge in [0.15, 0.2) is 0 Å². The lowest BCUT2D eigenvalue weighted by molar-refractivity contribution is 0.337. The van der Waals surface area contributed by atoms with E-state index in [0.717, 1.165) is 6.54 Å². The van der Waals surface area contributed by atoms with Crippen LogP contribution < -0.4 is 22.3 Å². The molecule has 0 aromatic carbocycles. The van der Waals surface area contributed by atoms with E-state index in [-0.39, 0.29) is 11.5 Å². The predicted octanol–water partition coefficient (Wildman–Crippen LogP) is -0.838. The normalized spacial score (nSPS) is 15.1. The van der Waals surface area contributed by atoms with Gasteiger partial charge in [-0.1, -0.05) is 0 Å². The quantitative estimate of drug-likeness (QED) is 0.636. The van der Waals surface area contributed by atoms with E-state index in [1.54, 1.807) is 0 Å². The molecule has 100 valence electrons. The second-order valence-corrected chi connectivity index (χ2v) is 4.72. The molecule has 0 amide bonds. The maximum absolute atomic E-state index is 11.6. The molecule has 1 aliphatic rings. The minimum atomic E-state index is -0.502. The first-order valence-corrected chi connectivity index (χ1v) is 6.03. The van der Waals surface area contributed by atoms with Crippen molar-refractivity contribution in [2.24, 2.45) is 7.05 Å². The lowest BCUT2D eigenvalue weighted by atomic mass is 10.4. The van der Waals surface area contributed by atoms with Crippen molar-refractivity contribution < 1.29 is 0 Å². The third-order valence-electron chi connectivity index (χ3n) is 3.31. The summed E-state index contributed by atoms with van der Waals surface area (Å²) in [4.78, 5) is 27.4. The van der Waals surface area contributed by atoms with Crippen molar-refractivity contribution in [3.05, 3.63) is 20.8 Å². The van der Waals surface area contributed by atoms with Crippen LogP contribution in [0.1, 0.15) is 12.8 Å². The van der Waals surface area contributed by atoms with E-state index < -0.39 is 11.2 Å². The number of likely N-dealkylation sites (N-methyl/N-ethyl adjacent to an activating group) is 1. The number of nitrogen functional groups attached to an aromatic ring is 1. The molecule has 7 heteroatoms. The van der Waals surface area contributed by atoms with Gasteiger partial charge < -0.3 is 16.0 Å². The van der Waals surface area contributed by atoms with Crippen molar-refractivity contribution in [3.8, 4) is 0 Å².